The lowest BCUT2D eigenvalue weighted by atomic mass is 9.99. The fourth-order valence-corrected chi connectivity index (χ4v) is 5.20. The minimum Gasteiger partial charge on any atom is -0.488 e. The molecule has 0 saturated carbocycles. The van der Waals surface area contributed by atoms with Crippen LogP contribution in [0.25, 0.3) is 0 Å². The zero-order valence-corrected chi connectivity index (χ0v) is 25.2. The molecule has 0 unspecified atom stereocenters. The molecule has 9 nitrogen and oxygen atoms in total. The van der Waals surface area contributed by atoms with Gasteiger partial charge in [0.25, 0.3) is 11.8 Å². The van der Waals surface area contributed by atoms with Crippen molar-refractivity contribution in [1.82, 2.24) is 14.8 Å². The Morgan fingerprint density at radius 1 is 1.07 bits per heavy atom. The molecule has 0 aliphatic carbocycles. The van der Waals surface area contributed by atoms with Crippen LogP contribution in [0, 0.1) is 5.92 Å². The van der Waals surface area contributed by atoms with E-state index in [-0.39, 0.29) is 36.5 Å². The van der Waals surface area contributed by atoms with E-state index in [1.807, 2.05) is 56.4 Å². The Morgan fingerprint density at radius 2 is 1.77 bits per heavy atom. The van der Waals surface area contributed by atoms with Gasteiger partial charge in [0.15, 0.2) is 0 Å². The number of aliphatic hydroxyl groups excluding tert-OH is 1. The molecule has 0 radical (unpaired) electrons. The fourth-order valence-electron chi connectivity index (χ4n) is 5.20. The average Bonchev–Trinajstić information content (AvgIpc) is 3.04. The minimum absolute atomic E-state index is 0.0173. The van der Waals surface area contributed by atoms with Crippen LogP contribution >= 0.6 is 0 Å². The van der Waals surface area contributed by atoms with E-state index in [9.17, 15) is 14.7 Å². The molecule has 0 saturated heterocycles. The molecule has 4 aromatic rings. The van der Waals surface area contributed by atoms with Crippen molar-refractivity contribution in [2.45, 2.75) is 32.5 Å². The van der Waals surface area contributed by atoms with Crippen LogP contribution in [0.4, 0.5) is 5.69 Å². The highest BCUT2D eigenvalue weighted by molar-refractivity contribution is 6.05. The summed E-state index contributed by atoms with van der Waals surface area (Å²) in [6.07, 6.45) is 2.86. The number of benzene rings is 3. The number of rotatable bonds is 10. The van der Waals surface area contributed by atoms with Gasteiger partial charge in [-0.2, -0.15) is 0 Å². The molecule has 1 aromatic heterocycles. The molecule has 9 heteroatoms. The number of carbonyl (C=O) groups excluding carboxylic acids is 2. The van der Waals surface area contributed by atoms with Crippen molar-refractivity contribution in [2.75, 3.05) is 32.1 Å². The van der Waals surface area contributed by atoms with E-state index in [0.29, 0.717) is 42.2 Å². The predicted molar refractivity (Wildman–Crippen MR) is 169 cm³/mol. The number of hydrogen-bond acceptors (Lipinski definition) is 7. The Labute approximate surface area is 258 Å². The van der Waals surface area contributed by atoms with Crippen molar-refractivity contribution in [3.63, 3.8) is 0 Å². The molecular weight excluding hydrogens is 556 g/mol. The Bertz CT molecular complexity index is 1550. The van der Waals surface area contributed by atoms with E-state index in [2.05, 4.69) is 34.3 Å². The molecule has 3 aromatic carbocycles. The molecule has 0 spiro atoms. The van der Waals surface area contributed by atoms with Crippen LogP contribution in [-0.4, -0.2) is 70.6 Å². The minimum atomic E-state index is -0.388. The zero-order valence-electron chi connectivity index (χ0n) is 25.2. The smallest absolute Gasteiger partial charge is 0.258 e. The van der Waals surface area contributed by atoms with Crippen LogP contribution in [0.15, 0.2) is 97.3 Å². The summed E-state index contributed by atoms with van der Waals surface area (Å²) in [6.45, 7) is 5.44. The van der Waals surface area contributed by atoms with E-state index in [1.54, 1.807) is 47.6 Å². The van der Waals surface area contributed by atoms with E-state index < -0.39 is 0 Å². The van der Waals surface area contributed by atoms with Gasteiger partial charge in [0, 0.05) is 49.2 Å². The fraction of sp³-hybridized carbons (Fsp3) is 0.286. The highest BCUT2D eigenvalue weighted by Crippen LogP contribution is 2.31. The van der Waals surface area contributed by atoms with Crippen LogP contribution in [0.2, 0.25) is 0 Å². The quantitative estimate of drug-likeness (QED) is 0.251. The Morgan fingerprint density at radius 3 is 2.48 bits per heavy atom. The van der Waals surface area contributed by atoms with Crippen molar-refractivity contribution >= 4 is 17.5 Å². The van der Waals surface area contributed by atoms with Crippen LogP contribution in [0.5, 0.6) is 17.2 Å². The van der Waals surface area contributed by atoms with Crippen LogP contribution in [0.1, 0.15) is 40.1 Å². The van der Waals surface area contributed by atoms with Gasteiger partial charge in [-0.3, -0.25) is 19.5 Å². The molecular formula is C35H38N4O5. The number of para-hydroxylation sites is 1. The normalized spacial score (nSPS) is 17.2. The number of amides is 2. The summed E-state index contributed by atoms with van der Waals surface area (Å²) in [7, 11) is 2.04. The molecule has 2 heterocycles. The van der Waals surface area contributed by atoms with Crippen LogP contribution in [-0.2, 0) is 6.54 Å². The summed E-state index contributed by atoms with van der Waals surface area (Å²) in [4.78, 5) is 34.4. The van der Waals surface area contributed by atoms with E-state index in [4.69, 9.17) is 9.47 Å². The first-order valence-corrected chi connectivity index (χ1v) is 14.7. The molecule has 228 valence electrons. The average molecular weight is 595 g/mol. The summed E-state index contributed by atoms with van der Waals surface area (Å²) in [5.74, 6) is 1.43. The summed E-state index contributed by atoms with van der Waals surface area (Å²) >= 11 is 0. The molecule has 2 N–H and O–H groups in total. The van der Waals surface area contributed by atoms with Crippen molar-refractivity contribution in [3.05, 3.63) is 114 Å². The Hall–Kier alpha value is -4.73. The van der Waals surface area contributed by atoms with Crippen LogP contribution < -0.4 is 14.8 Å². The Kier molecular flexibility index (Phi) is 9.89. The number of aromatic nitrogens is 1. The van der Waals surface area contributed by atoms with E-state index in [0.717, 1.165) is 17.1 Å². The number of hydrogen-bond donors (Lipinski definition) is 2. The number of fused-ring (bicyclic) bond motifs is 1. The van der Waals surface area contributed by atoms with E-state index in [1.165, 1.54) is 0 Å². The van der Waals surface area contributed by atoms with Gasteiger partial charge in [-0.15, -0.1) is 0 Å². The number of ether oxygens (including phenoxy) is 2. The summed E-state index contributed by atoms with van der Waals surface area (Å²) < 4.78 is 12.5. The molecule has 3 atom stereocenters. The number of pyridine rings is 1. The van der Waals surface area contributed by atoms with Gasteiger partial charge in [0.1, 0.15) is 23.4 Å². The topological polar surface area (TPSA) is 104 Å². The largest absolute Gasteiger partial charge is 0.488 e. The first-order chi connectivity index (χ1) is 21.3. The number of nitrogens with one attached hydrogen (secondary N) is 1. The number of carbonyl (C=O) groups is 2. The molecule has 2 amide bonds. The van der Waals surface area contributed by atoms with Gasteiger partial charge in [0.05, 0.1) is 18.2 Å². The molecule has 0 fully saturated rings. The van der Waals surface area contributed by atoms with Crippen molar-refractivity contribution in [2.24, 2.45) is 5.92 Å². The maximum atomic E-state index is 13.7. The lowest BCUT2D eigenvalue weighted by Crippen LogP contribution is -2.49. The van der Waals surface area contributed by atoms with Crippen molar-refractivity contribution in [1.29, 1.82) is 0 Å². The van der Waals surface area contributed by atoms with Crippen LogP contribution in [0.3, 0.4) is 0 Å². The maximum absolute atomic E-state index is 13.7. The van der Waals surface area contributed by atoms with Gasteiger partial charge >= 0.3 is 0 Å². The summed E-state index contributed by atoms with van der Waals surface area (Å²) in [5.41, 5.74) is 2.40. The third kappa shape index (κ3) is 7.61. The second-order valence-electron chi connectivity index (χ2n) is 11.3. The third-order valence-corrected chi connectivity index (χ3v) is 7.71. The molecule has 1 aliphatic rings. The van der Waals surface area contributed by atoms with Gasteiger partial charge in [0.2, 0.25) is 0 Å². The second kappa shape index (κ2) is 14.2. The number of nitrogens with zero attached hydrogens (tertiary/aromatic N) is 3. The SMILES string of the molecule is C[C@@H]1CN([C@H](C)CO)C(=O)c2cc(NC(=O)c3ccncc3)ccc2O[C@@H]1CN(C)Cc1ccc(Oc2ccccc2)cc1. The van der Waals surface area contributed by atoms with Crippen molar-refractivity contribution < 1.29 is 24.2 Å². The first kappa shape index (κ1) is 30.7. The lowest BCUT2D eigenvalue weighted by Gasteiger charge is -2.38. The first-order valence-electron chi connectivity index (χ1n) is 14.7. The number of likely N-dealkylation sites (N-methyl/N-ethyl adjacent to an activating group) is 1. The van der Waals surface area contributed by atoms with Gasteiger partial charge < -0.3 is 24.8 Å². The molecule has 5 rings (SSSR count). The standard InChI is InChI=1S/C35H38N4O5/c1-24-20-39(25(2)23-40)35(42)31-19-28(37-34(41)27-15-17-36-18-16-27)11-14-32(31)44-33(24)22-38(3)21-26-9-12-30(13-10-26)43-29-7-5-4-6-8-29/h4-19,24-25,33,40H,20-23H2,1-3H3,(H,37,41)/t24-,25-,33-/m1/s1. The van der Waals surface area contributed by atoms with Gasteiger partial charge in [-0.05, 0) is 74.1 Å². The van der Waals surface area contributed by atoms with E-state index >= 15 is 0 Å². The molecule has 1 aliphatic heterocycles. The molecule has 44 heavy (non-hydrogen) atoms. The predicted octanol–water partition coefficient (Wildman–Crippen LogP) is 5.48. The Balaban J connectivity index is 1.31. The number of anilines is 1. The van der Waals surface area contributed by atoms with Gasteiger partial charge in [-0.1, -0.05) is 37.3 Å². The number of aliphatic hydroxyl groups is 1. The third-order valence-electron chi connectivity index (χ3n) is 7.71. The lowest BCUT2D eigenvalue weighted by molar-refractivity contribution is 0.0341. The highest BCUT2D eigenvalue weighted by Gasteiger charge is 2.33. The summed E-state index contributed by atoms with van der Waals surface area (Å²) in [5, 5.41) is 12.8. The molecule has 0 bridgehead atoms. The monoisotopic (exact) mass is 594 g/mol. The summed E-state index contributed by atoms with van der Waals surface area (Å²) in [6, 6.07) is 25.7. The zero-order chi connectivity index (χ0) is 31.1. The highest BCUT2D eigenvalue weighted by atomic mass is 16.5. The second-order valence-corrected chi connectivity index (χ2v) is 11.3. The maximum Gasteiger partial charge on any atom is 0.258 e. The van der Waals surface area contributed by atoms with Crippen molar-refractivity contribution in [3.8, 4) is 17.2 Å². The van der Waals surface area contributed by atoms with Gasteiger partial charge in [-0.25, -0.2) is 0 Å².